The van der Waals surface area contributed by atoms with Crippen LogP contribution in [-0.2, 0) is 9.53 Å². The highest BCUT2D eigenvalue weighted by Gasteiger charge is 2.68. The van der Waals surface area contributed by atoms with E-state index >= 15 is 0 Å². The maximum absolute atomic E-state index is 13.5. The van der Waals surface area contributed by atoms with Crippen molar-refractivity contribution in [1.29, 1.82) is 0 Å². The van der Waals surface area contributed by atoms with Crippen molar-refractivity contribution in [1.82, 2.24) is 10.3 Å². The maximum atomic E-state index is 13.5. The lowest BCUT2D eigenvalue weighted by Crippen LogP contribution is -2.75. The molecule has 6 rings (SSSR count). The molecule has 0 atom stereocenters. The molecule has 0 radical (unpaired) electrons. The Labute approximate surface area is 188 Å². The first-order valence-corrected chi connectivity index (χ1v) is 10.9. The van der Waals surface area contributed by atoms with Gasteiger partial charge in [-0.1, -0.05) is 17.7 Å². The summed E-state index contributed by atoms with van der Waals surface area (Å²) in [5, 5.41) is 3.05. The van der Waals surface area contributed by atoms with Crippen molar-refractivity contribution < 1.29 is 27.9 Å². The second-order valence-electron chi connectivity index (χ2n) is 8.93. The number of halogens is 2. The van der Waals surface area contributed by atoms with Crippen LogP contribution < -0.4 is 10.1 Å². The first kappa shape index (κ1) is 21.2. The van der Waals surface area contributed by atoms with E-state index in [1.807, 2.05) is 6.08 Å². The Balaban J connectivity index is 1.09. The molecule has 9 heteroatoms. The number of ether oxygens (including phenoxy) is 2. The molecule has 0 spiro atoms. The van der Waals surface area contributed by atoms with Gasteiger partial charge in [-0.2, -0.15) is 0 Å². The van der Waals surface area contributed by atoms with E-state index < -0.39 is 5.82 Å². The van der Waals surface area contributed by atoms with Gasteiger partial charge in [0, 0.05) is 30.0 Å². The third-order valence-electron chi connectivity index (χ3n) is 6.35. The van der Waals surface area contributed by atoms with Gasteiger partial charge >= 0.3 is 0 Å². The number of oxazole rings is 1. The van der Waals surface area contributed by atoms with Gasteiger partial charge in [-0.05, 0) is 36.8 Å². The normalized spacial score (nSPS) is 25.9. The first-order chi connectivity index (χ1) is 15.4. The maximum Gasteiger partial charge on any atom is 0.289 e. The van der Waals surface area contributed by atoms with Crippen LogP contribution in [0.25, 0.3) is 5.57 Å². The van der Waals surface area contributed by atoms with Crippen LogP contribution >= 0.6 is 11.6 Å². The fourth-order valence-corrected chi connectivity index (χ4v) is 5.19. The monoisotopic (exact) mass is 460 g/mol. The average Bonchev–Trinajstić information content (AvgIpc) is 3.23. The summed E-state index contributed by atoms with van der Waals surface area (Å²) >= 11 is 5.64. The second-order valence-corrected chi connectivity index (χ2v) is 9.34. The molecular weight excluding hydrogens is 439 g/mol. The number of hydrogen-bond acceptors (Lipinski definition) is 6. The van der Waals surface area contributed by atoms with Gasteiger partial charge in [0.15, 0.2) is 5.78 Å². The van der Waals surface area contributed by atoms with Gasteiger partial charge in [0.2, 0.25) is 11.7 Å². The lowest BCUT2D eigenvalue weighted by atomic mass is 9.38. The predicted octanol–water partition coefficient (Wildman–Crippen LogP) is 3.96. The van der Waals surface area contributed by atoms with Gasteiger partial charge in [-0.15, -0.1) is 0 Å². The van der Waals surface area contributed by atoms with E-state index in [0.29, 0.717) is 31.9 Å². The molecule has 1 aliphatic heterocycles. The van der Waals surface area contributed by atoms with Crippen LogP contribution in [0.3, 0.4) is 0 Å². The van der Waals surface area contributed by atoms with Gasteiger partial charge in [0.25, 0.3) is 5.91 Å². The quantitative estimate of drug-likeness (QED) is 0.641. The number of rotatable bonds is 8. The summed E-state index contributed by atoms with van der Waals surface area (Å²) in [5.74, 6) is -0.0140. The van der Waals surface area contributed by atoms with Crippen LogP contribution in [0.5, 0.6) is 5.75 Å². The molecule has 2 aromatic rings. The van der Waals surface area contributed by atoms with Crippen molar-refractivity contribution in [2.45, 2.75) is 37.6 Å². The zero-order chi connectivity index (χ0) is 22.3. The molecule has 7 nitrogen and oxygen atoms in total. The topological polar surface area (TPSA) is 90.7 Å². The van der Waals surface area contributed by atoms with Gasteiger partial charge in [0.1, 0.15) is 18.2 Å². The Kier molecular flexibility index (Phi) is 5.29. The van der Waals surface area contributed by atoms with E-state index in [1.165, 1.54) is 18.3 Å². The largest absolute Gasteiger partial charge is 0.486 e. The number of aromatic nitrogens is 1. The molecule has 2 heterocycles. The number of carbonyl (C=O) groups is 2. The van der Waals surface area contributed by atoms with E-state index in [4.69, 9.17) is 25.5 Å². The van der Waals surface area contributed by atoms with E-state index in [-0.39, 0.29) is 45.8 Å². The number of carbonyl (C=O) groups excluding carboxylic acids is 2. The minimum Gasteiger partial charge on any atom is -0.486 e. The Morgan fingerprint density at radius 3 is 2.81 bits per heavy atom. The van der Waals surface area contributed by atoms with Crippen molar-refractivity contribution in [3.8, 4) is 5.75 Å². The Morgan fingerprint density at radius 1 is 1.28 bits per heavy atom. The number of benzene rings is 1. The molecule has 4 aliphatic rings. The van der Waals surface area contributed by atoms with Gasteiger partial charge in [-0.25, -0.2) is 9.37 Å². The Morgan fingerprint density at radius 2 is 2.09 bits per heavy atom. The fraction of sp³-hybridized carbons (Fsp3) is 0.435. The molecule has 1 amide bonds. The van der Waals surface area contributed by atoms with Crippen molar-refractivity contribution in [2.24, 2.45) is 5.41 Å². The zero-order valence-corrected chi connectivity index (χ0v) is 18.0. The van der Waals surface area contributed by atoms with Crippen LogP contribution in [0.4, 0.5) is 4.39 Å². The Bertz CT molecular complexity index is 1090. The van der Waals surface area contributed by atoms with Crippen molar-refractivity contribution >= 4 is 28.9 Å². The molecule has 2 bridgehead atoms. The summed E-state index contributed by atoms with van der Waals surface area (Å²) in [5.41, 5.74) is 0.586. The molecule has 0 saturated heterocycles. The van der Waals surface area contributed by atoms with E-state index in [1.54, 1.807) is 0 Å². The van der Waals surface area contributed by atoms with Crippen LogP contribution in [-0.4, -0.2) is 42.0 Å². The van der Waals surface area contributed by atoms with Crippen molar-refractivity contribution in [2.75, 3.05) is 19.8 Å². The number of ketones is 1. The molecule has 168 valence electrons. The zero-order valence-electron chi connectivity index (χ0n) is 17.3. The van der Waals surface area contributed by atoms with Gasteiger partial charge < -0.3 is 19.2 Å². The summed E-state index contributed by atoms with van der Waals surface area (Å²) in [4.78, 5) is 29.1. The Hall–Kier alpha value is -2.71. The molecular formula is C23H22ClFN2O5. The highest BCUT2D eigenvalue weighted by Crippen LogP contribution is 2.69. The van der Waals surface area contributed by atoms with E-state index in [2.05, 4.69) is 10.3 Å². The van der Waals surface area contributed by atoms with Crippen molar-refractivity contribution in [3.63, 3.8) is 0 Å². The first-order valence-electron chi connectivity index (χ1n) is 10.5. The van der Waals surface area contributed by atoms with E-state index in [0.717, 1.165) is 30.9 Å². The number of nitrogens with zero attached hydrogens (tertiary/aromatic N) is 1. The summed E-state index contributed by atoms with van der Waals surface area (Å²) in [6, 6.07) is 4.08. The minimum absolute atomic E-state index is 0.00659. The average molecular weight is 461 g/mol. The molecule has 1 aromatic carbocycles. The van der Waals surface area contributed by atoms with Gasteiger partial charge in [0.05, 0.1) is 24.4 Å². The molecule has 3 aliphatic carbocycles. The smallest absolute Gasteiger partial charge is 0.289 e. The molecule has 3 saturated carbocycles. The number of amides is 1. The number of hydrogen-bond donors (Lipinski definition) is 1. The summed E-state index contributed by atoms with van der Waals surface area (Å²) in [7, 11) is 0. The highest BCUT2D eigenvalue weighted by atomic mass is 35.5. The second kappa shape index (κ2) is 8.01. The fourth-order valence-electron chi connectivity index (χ4n) is 5.07. The van der Waals surface area contributed by atoms with Crippen molar-refractivity contribution in [3.05, 3.63) is 53.0 Å². The van der Waals surface area contributed by atoms with Crippen LogP contribution in [0, 0.1) is 11.2 Å². The molecule has 0 unspecified atom stereocenters. The van der Waals surface area contributed by atoms with Crippen LogP contribution in [0.1, 0.15) is 48.5 Å². The predicted molar refractivity (Wildman–Crippen MR) is 113 cm³/mol. The number of nitrogens with one attached hydrogen (secondary N) is 1. The molecule has 1 aromatic heterocycles. The number of Topliss-reactive ketones (excluding diaryl/α,β-unsaturated/α-hetero) is 1. The molecule has 32 heavy (non-hydrogen) atoms. The highest BCUT2D eigenvalue weighted by molar-refractivity contribution is 6.30. The standard InChI is InChI=1S/C23H22ClFN2O5/c24-17-2-1-16(7-18(17)25)31-10-15(28)8-22-11-23(12-22,13-22)27-20(29)19-9-26-21(32-19)14-3-5-30-6-4-14/h1-3,7,9H,4-6,8,10-13H2,(H,27,29). The summed E-state index contributed by atoms with van der Waals surface area (Å²) in [6.45, 7) is 1.01. The summed E-state index contributed by atoms with van der Waals surface area (Å²) in [6.07, 6.45) is 6.68. The molecule has 1 N–H and O–H groups in total. The van der Waals surface area contributed by atoms with Crippen LogP contribution in [0.15, 0.2) is 34.9 Å². The van der Waals surface area contributed by atoms with Gasteiger partial charge in [-0.3, -0.25) is 9.59 Å². The summed E-state index contributed by atoms with van der Waals surface area (Å²) < 4.78 is 29.8. The molecule has 3 fully saturated rings. The van der Waals surface area contributed by atoms with E-state index in [9.17, 15) is 14.0 Å². The third kappa shape index (κ3) is 4.04. The lowest BCUT2D eigenvalue weighted by molar-refractivity contribution is -0.162. The van der Waals surface area contributed by atoms with Crippen LogP contribution in [0.2, 0.25) is 5.02 Å². The lowest BCUT2D eigenvalue weighted by Gasteiger charge is -2.70. The minimum atomic E-state index is -0.586. The third-order valence-corrected chi connectivity index (χ3v) is 6.66. The SMILES string of the molecule is O=C(COc1ccc(Cl)c(F)c1)CC12CC(NC(=O)c3cnc(C4=CCOCC4)o3)(C1)C2.